The topological polar surface area (TPSA) is 258 Å². The molecule has 2 fully saturated rings. The largest absolute Gasteiger partial charge is 0.463 e. The highest BCUT2D eigenvalue weighted by molar-refractivity contribution is 5.69. The molecule has 1 amide bonds. The number of carbonyl (C=O) groups is 7. The summed E-state index contributed by atoms with van der Waals surface area (Å²) in [5.41, 5.74) is 5.22. The van der Waals surface area contributed by atoms with Crippen molar-refractivity contribution in [2.24, 2.45) is 5.73 Å². The van der Waals surface area contributed by atoms with Gasteiger partial charge in [0, 0.05) is 41.5 Å². The van der Waals surface area contributed by atoms with Gasteiger partial charge in [0.2, 0.25) is 0 Å². The van der Waals surface area contributed by atoms with Crippen LogP contribution >= 0.6 is 0 Å². The second-order valence-corrected chi connectivity index (χ2v) is 9.51. The van der Waals surface area contributed by atoms with E-state index in [0.29, 0.717) is 0 Å². The van der Waals surface area contributed by atoms with Gasteiger partial charge < -0.3 is 58.2 Å². The molecule has 2 aliphatic rings. The molecule has 2 heterocycles. The lowest BCUT2D eigenvalue weighted by Crippen LogP contribution is -2.67. The van der Waals surface area contributed by atoms with Gasteiger partial charge in [-0.25, -0.2) is 4.79 Å². The fourth-order valence-electron chi connectivity index (χ4n) is 4.43. The lowest BCUT2D eigenvalue weighted by molar-refractivity contribution is -0.362. The average Bonchev–Trinajstić information content (AvgIpc) is 2.87. The molecule has 19 nitrogen and oxygen atoms in total. The first-order chi connectivity index (χ1) is 20.5. The van der Waals surface area contributed by atoms with E-state index >= 15 is 0 Å². The van der Waals surface area contributed by atoms with Crippen molar-refractivity contribution in [1.29, 1.82) is 0 Å². The number of primary amides is 1. The molecule has 0 aromatic heterocycles. The fourth-order valence-corrected chi connectivity index (χ4v) is 4.43. The van der Waals surface area contributed by atoms with Crippen molar-refractivity contribution in [3.63, 3.8) is 0 Å². The van der Waals surface area contributed by atoms with Crippen LogP contribution in [0.3, 0.4) is 0 Å². The maximum absolute atomic E-state index is 12.1. The summed E-state index contributed by atoms with van der Waals surface area (Å²) < 4.78 is 53.4. The first kappa shape index (κ1) is 36.1. The lowest BCUT2D eigenvalue weighted by Gasteiger charge is -2.47. The van der Waals surface area contributed by atoms with Gasteiger partial charge in [-0.3, -0.25) is 28.8 Å². The second-order valence-electron chi connectivity index (χ2n) is 9.51. The van der Waals surface area contributed by atoms with E-state index in [4.69, 9.17) is 53.1 Å². The molecule has 0 aromatic carbocycles. The Kier molecular flexibility index (Phi) is 13.2. The van der Waals surface area contributed by atoms with E-state index in [1.807, 2.05) is 0 Å². The SMILES string of the molecule is CC(=O)OC[C@H]1O[C@H](O)[C@H](O[C@@H]2O[C@H](COC(C)=O)[C@@H](OC(C)=O)[C@@H](OC(N)=O)[C@@H]2OC(C)=O)[C@H](OC(C)=O)[C@H]1OC(C)=O. The highest BCUT2D eigenvalue weighted by Gasteiger charge is 2.57. The molecule has 2 aliphatic heterocycles. The molecule has 19 heteroatoms. The third-order valence-corrected chi connectivity index (χ3v) is 5.85. The second kappa shape index (κ2) is 16.1. The first-order valence-electron chi connectivity index (χ1n) is 13.1. The summed E-state index contributed by atoms with van der Waals surface area (Å²) in [7, 11) is 0. The number of nitrogens with two attached hydrogens (primary N) is 1. The summed E-state index contributed by atoms with van der Waals surface area (Å²) in [5.74, 6) is -5.21. The smallest absolute Gasteiger partial charge is 0.405 e. The van der Waals surface area contributed by atoms with E-state index in [-0.39, 0.29) is 0 Å². The number of aliphatic hydroxyl groups is 1. The van der Waals surface area contributed by atoms with Crippen LogP contribution in [0.25, 0.3) is 0 Å². The van der Waals surface area contributed by atoms with Gasteiger partial charge in [0.1, 0.15) is 25.4 Å². The number of rotatable bonds is 11. The van der Waals surface area contributed by atoms with Crippen LogP contribution < -0.4 is 5.73 Å². The number of ether oxygens (including phenoxy) is 10. The van der Waals surface area contributed by atoms with Gasteiger partial charge in [0.15, 0.2) is 49.2 Å². The molecular weight excluding hydrogens is 602 g/mol. The van der Waals surface area contributed by atoms with Gasteiger partial charge in [0.05, 0.1) is 0 Å². The van der Waals surface area contributed by atoms with Crippen LogP contribution in [0.1, 0.15) is 41.5 Å². The van der Waals surface area contributed by atoms with Gasteiger partial charge in [0.25, 0.3) is 0 Å². The number of aliphatic hydroxyl groups excluding tert-OH is 1. The van der Waals surface area contributed by atoms with E-state index in [2.05, 4.69) is 0 Å². The Labute approximate surface area is 250 Å². The number of esters is 6. The minimum absolute atomic E-state index is 0.548. The van der Waals surface area contributed by atoms with Crippen LogP contribution in [0.5, 0.6) is 0 Å². The highest BCUT2D eigenvalue weighted by atomic mass is 16.8. The predicted octanol–water partition coefficient (Wildman–Crippen LogP) is -1.87. The Morgan fingerprint density at radius 1 is 0.545 bits per heavy atom. The summed E-state index contributed by atoms with van der Waals surface area (Å²) in [6.45, 7) is 5.00. The van der Waals surface area contributed by atoms with Crippen molar-refractivity contribution >= 4 is 41.9 Å². The van der Waals surface area contributed by atoms with Crippen LogP contribution in [0, 0.1) is 0 Å². The zero-order chi connectivity index (χ0) is 33.3. The molecule has 0 bridgehead atoms. The van der Waals surface area contributed by atoms with Crippen molar-refractivity contribution < 1.29 is 86.0 Å². The fraction of sp³-hybridized carbons (Fsp3) is 0.720. The standard InChI is InChI=1S/C25H35NO18/c1-9(27)35-7-15-17(37-11(3)29)19(39-13(5)31)21(23(33)41-15)43-24-22(40-14(6)32)20(44-25(26)34)18(38-12(4)30)16(42-24)8-36-10(2)28/h15-24,33H,7-8H2,1-6H3,(H2,26,34)/t15-,16-,17+,18-,19-,20-,21-,22+,23+,24+/m1/s1. The Morgan fingerprint density at radius 2 is 0.932 bits per heavy atom. The number of carbonyl (C=O) groups excluding carboxylic acids is 7. The molecule has 0 aromatic rings. The molecule has 248 valence electrons. The van der Waals surface area contributed by atoms with Crippen molar-refractivity contribution in [2.75, 3.05) is 13.2 Å². The van der Waals surface area contributed by atoms with Gasteiger partial charge in [-0.2, -0.15) is 0 Å². The molecule has 0 radical (unpaired) electrons. The maximum Gasteiger partial charge on any atom is 0.405 e. The Morgan fingerprint density at radius 3 is 1.34 bits per heavy atom. The summed E-state index contributed by atoms with van der Waals surface area (Å²) >= 11 is 0. The molecule has 0 unspecified atom stereocenters. The molecule has 10 atom stereocenters. The van der Waals surface area contributed by atoms with Crippen LogP contribution in [0.4, 0.5) is 4.79 Å². The maximum atomic E-state index is 12.1. The number of amides is 1. The molecule has 0 spiro atoms. The zero-order valence-corrected chi connectivity index (χ0v) is 24.7. The molecule has 2 saturated heterocycles. The normalized spacial score (nSPS) is 31.4. The number of hydrogen-bond acceptors (Lipinski definition) is 18. The zero-order valence-electron chi connectivity index (χ0n) is 24.7. The minimum atomic E-state index is -2.01. The van der Waals surface area contributed by atoms with Crippen molar-refractivity contribution in [3.8, 4) is 0 Å². The highest BCUT2D eigenvalue weighted by Crippen LogP contribution is 2.34. The van der Waals surface area contributed by atoms with Crippen LogP contribution in [0.15, 0.2) is 0 Å². The summed E-state index contributed by atoms with van der Waals surface area (Å²) in [6, 6.07) is 0. The van der Waals surface area contributed by atoms with E-state index in [9.17, 15) is 38.7 Å². The first-order valence-corrected chi connectivity index (χ1v) is 13.1. The Balaban J connectivity index is 2.59. The minimum Gasteiger partial charge on any atom is -0.463 e. The Hall–Kier alpha value is -4.07. The Bertz CT molecular complexity index is 1090. The van der Waals surface area contributed by atoms with Gasteiger partial charge in [-0.15, -0.1) is 0 Å². The van der Waals surface area contributed by atoms with Crippen LogP contribution in [-0.2, 0) is 76.1 Å². The summed E-state index contributed by atoms with van der Waals surface area (Å²) in [5, 5.41) is 10.9. The van der Waals surface area contributed by atoms with E-state index in [1.165, 1.54) is 0 Å². The van der Waals surface area contributed by atoms with E-state index in [1.54, 1.807) is 0 Å². The van der Waals surface area contributed by atoms with Crippen LogP contribution in [-0.4, -0.2) is 122 Å². The monoisotopic (exact) mass is 637 g/mol. The average molecular weight is 638 g/mol. The molecular formula is C25H35NO18. The third kappa shape index (κ3) is 10.6. The van der Waals surface area contributed by atoms with Crippen molar-refractivity contribution in [3.05, 3.63) is 0 Å². The van der Waals surface area contributed by atoms with Crippen molar-refractivity contribution in [2.45, 2.75) is 103 Å². The molecule has 2 rings (SSSR count). The molecule has 0 saturated carbocycles. The quantitative estimate of drug-likeness (QED) is 0.186. The third-order valence-electron chi connectivity index (χ3n) is 5.85. The lowest BCUT2D eigenvalue weighted by atomic mass is 9.96. The predicted molar refractivity (Wildman–Crippen MR) is 134 cm³/mol. The molecule has 44 heavy (non-hydrogen) atoms. The molecule has 3 N–H and O–H groups in total. The summed E-state index contributed by atoms with van der Waals surface area (Å²) in [4.78, 5) is 82.9. The van der Waals surface area contributed by atoms with Crippen LogP contribution in [0.2, 0.25) is 0 Å². The summed E-state index contributed by atoms with van der Waals surface area (Å²) in [6.07, 6.45) is -18.2. The number of hydrogen-bond donors (Lipinski definition) is 2. The van der Waals surface area contributed by atoms with E-state index in [0.717, 1.165) is 41.5 Å². The van der Waals surface area contributed by atoms with Gasteiger partial charge in [-0.1, -0.05) is 0 Å². The van der Waals surface area contributed by atoms with Gasteiger partial charge >= 0.3 is 41.9 Å². The molecule has 0 aliphatic carbocycles. The van der Waals surface area contributed by atoms with Crippen molar-refractivity contribution in [1.82, 2.24) is 0 Å². The van der Waals surface area contributed by atoms with E-state index < -0.39 is 117 Å². The van der Waals surface area contributed by atoms with Gasteiger partial charge in [-0.05, 0) is 0 Å².